The maximum absolute atomic E-state index is 13.5. The molecule has 0 unspecified atom stereocenters. The third-order valence-corrected chi connectivity index (χ3v) is 5.13. The molecule has 0 radical (unpaired) electrons. The first kappa shape index (κ1) is 19.0. The number of hydrogen-bond acceptors (Lipinski definition) is 4. The van der Waals surface area contributed by atoms with Crippen LogP contribution in [0, 0.1) is 5.92 Å². The summed E-state index contributed by atoms with van der Waals surface area (Å²) in [5.74, 6) is -0.572. The van der Waals surface area contributed by atoms with Crippen LogP contribution in [0.3, 0.4) is 0 Å². The Morgan fingerprint density at radius 1 is 1.27 bits per heavy atom. The summed E-state index contributed by atoms with van der Waals surface area (Å²) >= 11 is 0. The van der Waals surface area contributed by atoms with Gasteiger partial charge in [-0.15, -0.1) is 0 Å². The fourth-order valence-corrected chi connectivity index (χ4v) is 3.63. The number of carbonyl (C=O) groups excluding carboxylic acids is 1. The molecule has 8 heteroatoms. The standard InChI is InChI=1S/C18H24F3N3O2/c19-18(20,21)15-10-13(24-6-8-26-9-7-24)5-4-12(15)11-23-17(25)14-2-1-3-16(14)22/h4-5,10,14,16H,1-3,6-9,11,22H2,(H,23,25)/t14-,16+/m1/s1. The molecule has 2 fully saturated rings. The van der Waals surface area contributed by atoms with Crippen molar-refractivity contribution in [2.45, 2.75) is 38.0 Å². The summed E-state index contributed by atoms with van der Waals surface area (Å²) in [5.41, 5.74) is 5.77. The van der Waals surface area contributed by atoms with Gasteiger partial charge in [0.2, 0.25) is 5.91 Å². The van der Waals surface area contributed by atoms with E-state index < -0.39 is 11.7 Å². The SMILES string of the molecule is N[C@H]1CCC[C@H]1C(=O)NCc1ccc(N2CCOCC2)cc1C(F)(F)F. The van der Waals surface area contributed by atoms with Gasteiger partial charge in [-0.3, -0.25) is 4.79 Å². The van der Waals surface area contributed by atoms with Crippen LogP contribution in [0.1, 0.15) is 30.4 Å². The number of anilines is 1. The van der Waals surface area contributed by atoms with Crippen molar-refractivity contribution in [3.8, 4) is 0 Å². The summed E-state index contributed by atoms with van der Waals surface area (Å²) in [7, 11) is 0. The topological polar surface area (TPSA) is 67.6 Å². The first-order valence-electron chi connectivity index (χ1n) is 8.92. The number of rotatable bonds is 4. The summed E-state index contributed by atoms with van der Waals surface area (Å²) in [6.45, 7) is 1.97. The van der Waals surface area contributed by atoms with Crippen LogP contribution in [0.15, 0.2) is 18.2 Å². The fourth-order valence-electron chi connectivity index (χ4n) is 3.63. The van der Waals surface area contributed by atoms with Crippen molar-refractivity contribution in [2.75, 3.05) is 31.2 Å². The molecule has 144 valence electrons. The number of nitrogens with zero attached hydrogens (tertiary/aromatic N) is 1. The molecule has 2 aliphatic rings. The van der Waals surface area contributed by atoms with Crippen LogP contribution in [-0.4, -0.2) is 38.3 Å². The minimum absolute atomic E-state index is 0.0643. The number of ether oxygens (including phenoxy) is 1. The summed E-state index contributed by atoms with van der Waals surface area (Å²) in [4.78, 5) is 14.1. The zero-order valence-electron chi connectivity index (χ0n) is 14.5. The quantitative estimate of drug-likeness (QED) is 0.852. The molecule has 1 aliphatic carbocycles. The number of hydrogen-bond donors (Lipinski definition) is 2. The van der Waals surface area contributed by atoms with Gasteiger partial charge in [-0.2, -0.15) is 13.2 Å². The summed E-state index contributed by atoms with van der Waals surface area (Å²) < 4.78 is 45.8. The van der Waals surface area contributed by atoms with Gasteiger partial charge in [-0.25, -0.2) is 0 Å². The second-order valence-electron chi connectivity index (χ2n) is 6.86. The van der Waals surface area contributed by atoms with E-state index in [0.29, 0.717) is 38.4 Å². The minimum Gasteiger partial charge on any atom is -0.378 e. The second-order valence-corrected chi connectivity index (χ2v) is 6.86. The number of benzene rings is 1. The summed E-state index contributed by atoms with van der Waals surface area (Å²) in [6, 6.07) is 4.07. The molecule has 0 aromatic heterocycles. The lowest BCUT2D eigenvalue weighted by Gasteiger charge is -2.29. The van der Waals surface area contributed by atoms with E-state index >= 15 is 0 Å². The zero-order valence-corrected chi connectivity index (χ0v) is 14.5. The van der Waals surface area contributed by atoms with E-state index in [1.807, 2.05) is 4.90 Å². The molecule has 1 aromatic carbocycles. The maximum atomic E-state index is 13.5. The van der Waals surface area contributed by atoms with Crippen molar-refractivity contribution < 1.29 is 22.7 Å². The van der Waals surface area contributed by atoms with Crippen molar-refractivity contribution >= 4 is 11.6 Å². The Kier molecular flexibility index (Phi) is 5.72. The lowest BCUT2D eigenvalue weighted by atomic mass is 10.0. The van der Waals surface area contributed by atoms with E-state index in [-0.39, 0.29) is 30.0 Å². The van der Waals surface area contributed by atoms with Gasteiger partial charge in [0.1, 0.15) is 0 Å². The Bertz CT molecular complexity index is 645. The smallest absolute Gasteiger partial charge is 0.378 e. The van der Waals surface area contributed by atoms with Gasteiger partial charge < -0.3 is 20.7 Å². The highest BCUT2D eigenvalue weighted by Crippen LogP contribution is 2.35. The molecular formula is C18H24F3N3O2. The van der Waals surface area contributed by atoms with Crippen LogP contribution < -0.4 is 16.0 Å². The van der Waals surface area contributed by atoms with E-state index in [2.05, 4.69) is 5.32 Å². The molecule has 1 aliphatic heterocycles. The molecule has 1 saturated carbocycles. The molecule has 1 saturated heterocycles. The second kappa shape index (κ2) is 7.84. The minimum atomic E-state index is -4.48. The molecule has 5 nitrogen and oxygen atoms in total. The van der Waals surface area contributed by atoms with Gasteiger partial charge in [-0.05, 0) is 30.5 Å². The first-order chi connectivity index (χ1) is 12.4. The molecule has 1 aromatic rings. The van der Waals surface area contributed by atoms with Gasteiger partial charge in [0.25, 0.3) is 0 Å². The number of carbonyl (C=O) groups is 1. The predicted molar refractivity (Wildman–Crippen MR) is 91.6 cm³/mol. The molecule has 3 N–H and O–H groups in total. The Morgan fingerprint density at radius 3 is 2.62 bits per heavy atom. The van der Waals surface area contributed by atoms with E-state index in [1.165, 1.54) is 6.07 Å². The predicted octanol–water partition coefficient (Wildman–Crippen LogP) is 2.29. The fraction of sp³-hybridized carbons (Fsp3) is 0.611. The number of nitrogens with two attached hydrogens (primary N) is 1. The van der Waals surface area contributed by atoms with E-state index in [1.54, 1.807) is 6.07 Å². The zero-order chi connectivity index (χ0) is 18.7. The van der Waals surface area contributed by atoms with Crippen LogP contribution in [0.2, 0.25) is 0 Å². The van der Waals surface area contributed by atoms with Crippen molar-refractivity contribution in [1.29, 1.82) is 0 Å². The molecule has 26 heavy (non-hydrogen) atoms. The molecule has 0 bridgehead atoms. The molecule has 1 amide bonds. The number of nitrogens with one attached hydrogen (secondary N) is 1. The molecule has 2 atom stereocenters. The Hall–Kier alpha value is -1.80. The monoisotopic (exact) mass is 371 g/mol. The van der Waals surface area contributed by atoms with Gasteiger partial charge in [0.05, 0.1) is 24.7 Å². The van der Waals surface area contributed by atoms with Crippen LogP contribution in [0.4, 0.5) is 18.9 Å². The third kappa shape index (κ3) is 4.29. The van der Waals surface area contributed by atoms with E-state index in [9.17, 15) is 18.0 Å². The number of morpholine rings is 1. The number of halogens is 3. The van der Waals surface area contributed by atoms with Crippen molar-refractivity contribution in [3.63, 3.8) is 0 Å². The molecule has 3 rings (SSSR count). The summed E-state index contributed by atoms with van der Waals surface area (Å²) in [6.07, 6.45) is -2.14. The highest BCUT2D eigenvalue weighted by Gasteiger charge is 2.35. The van der Waals surface area contributed by atoms with Crippen LogP contribution in [-0.2, 0) is 22.3 Å². The molecule has 0 spiro atoms. The number of amides is 1. The first-order valence-corrected chi connectivity index (χ1v) is 8.92. The van der Waals surface area contributed by atoms with Crippen molar-refractivity contribution in [1.82, 2.24) is 5.32 Å². The number of alkyl halides is 3. The highest BCUT2D eigenvalue weighted by atomic mass is 19.4. The Morgan fingerprint density at radius 2 is 2.00 bits per heavy atom. The average molecular weight is 371 g/mol. The molecular weight excluding hydrogens is 347 g/mol. The Balaban J connectivity index is 1.74. The van der Waals surface area contributed by atoms with Crippen molar-refractivity contribution in [2.24, 2.45) is 11.7 Å². The van der Waals surface area contributed by atoms with Crippen molar-refractivity contribution in [3.05, 3.63) is 29.3 Å². The third-order valence-electron chi connectivity index (χ3n) is 5.13. The van der Waals surface area contributed by atoms with Gasteiger partial charge >= 0.3 is 6.18 Å². The summed E-state index contributed by atoms with van der Waals surface area (Å²) in [5, 5.41) is 2.63. The Labute approximate surface area is 150 Å². The van der Waals surface area contributed by atoms with Crippen LogP contribution >= 0.6 is 0 Å². The van der Waals surface area contributed by atoms with E-state index in [0.717, 1.165) is 18.9 Å². The lowest BCUT2D eigenvalue weighted by molar-refractivity contribution is -0.138. The van der Waals surface area contributed by atoms with Gasteiger partial charge in [0.15, 0.2) is 0 Å². The maximum Gasteiger partial charge on any atom is 0.416 e. The van der Waals surface area contributed by atoms with Crippen LogP contribution in [0.25, 0.3) is 0 Å². The van der Waals surface area contributed by atoms with Crippen LogP contribution in [0.5, 0.6) is 0 Å². The largest absolute Gasteiger partial charge is 0.416 e. The van der Waals surface area contributed by atoms with E-state index in [4.69, 9.17) is 10.5 Å². The molecule has 1 heterocycles. The average Bonchev–Trinajstić information content (AvgIpc) is 3.05. The van der Waals surface area contributed by atoms with Gasteiger partial charge in [-0.1, -0.05) is 12.5 Å². The van der Waals surface area contributed by atoms with Gasteiger partial charge in [0, 0.05) is 31.4 Å². The highest BCUT2D eigenvalue weighted by molar-refractivity contribution is 5.79. The lowest BCUT2D eigenvalue weighted by Crippen LogP contribution is -2.38. The normalized spacial score (nSPS) is 23.9.